The van der Waals surface area contributed by atoms with Gasteiger partial charge in [0.1, 0.15) is 0 Å². The Balaban J connectivity index is 2.21. The van der Waals surface area contributed by atoms with Gasteiger partial charge in [-0.15, -0.1) is 0 Å². The summed E-state index contributed by atoms with van der Waals surface area (Å²) < 4.78 is 0. The Morgan fingerprint density at radius 3 is 3.00 bits per heavy atom. The lowest BCUT2D eigenvalue weighted by Gasteiger charge is -2.13. The van der Waals surface area contributed by atoms with E-state index in [1.165, 1.54) is 5.01 Å². The fourth-order valence-electron chi connectivity index (χ4n) is 1.75. The molecule has 0 aliphatic carbocycles. The van der Waals surface area contributed by atoms with Crippen molar-refractivity contribution in [3.8, 4) is 0 Å². The van der Waals surface area contributed by atoms with Crippen LogP contribution in [0.5, 0.6) is 0 Å². The van der Waals surface area contributed by atoms with Gasteiger partial charge in [-0.2, -0.15) is 5.10 Å². The van der Waals surface area contributed by atoms with Crippen molar-refractivity contribution in [3.63, 3.8) is 0 Å². The number of rotatable bonds is 3. The van der Waals surface area contributed by atoms with Gasteiger partial charge in [0.05, 0.1) is 12.1 Å². The summed E-state index contributed by atoms with van der Waals surface area (Å²) in [5.74, 6) is 0.0120. The predicted octanol–water partition coefficient (Wildman–Crippen LogP) is 1.30. The van der Waals surface area contributed by atoms with Gasteiger partial charge in [0.15, 0.2) is 0 Å². The highest BCUT2D eigenvalue weighted by Gasteiger charge is 2.18. The second-order valence-electron chi connectivity index (χ2n) is 4.06. The van der Waals surface area contributed by atoms with Crippen LogP contribution < -0.4 is 10.7 Å². The maximum atomic E-state index is 11.5. The summed E-state index contributed by atoms with van der Waals surface area (Å²) in [7, 11) is 0. The van der Waals surface area contributed by atoms with Crippen molar-refractivity contribution in [2.24, 2.45) is 10.8 Å². The zero-order valence-electron chi connectivity index (χ0n) is 9.26. The van der Waals surface area contributed by atoms with Crippen LogP contribution in [0.4, 0.5) is 5.69 Å². The molecule has 1 aliphatic rings. The molecule has 0 radical (unpaired) electrons. The summed E-state index contributed by atoms with van der Waals surface area (Å²) in [6, 6.07) is 7.90. The Hall–Kier alpha value is -1.68. The molecule has 2 N–H and O–H groups in total. The number of hydrogen-bond donors (Lipinski definition) is 1. The monoisotopic (exact) mass is 217 g/mol. The third-order valence-electron chi connectivity index (χ3n) is 2.41. The summed E-state index contributed by atoms with van der Waals surface area (Å²) in [6.07, 6.45) is 2.82. The van der Waals surface area contributed by atoms with Crippen LogP contribution in [0.25, 0.3) is 0 Å². The summed E-state index contributed by atoms with van der Waals surface area (Å²) in [5.41, 5.74) is 7.69. The number of hydrazone groups is 1. The van der Waals surface area contributed by atoms with E-state index in [-0.39, 0.29) is 11.9 Å². The molecule has 1 aromatic rings. The molecular formula is C12H15N3O. The second kappa shape index (κ2) is 4.45. The van der Waals surface area contributed by atoms with Gasteiger partial charge in [0.2, 0.25) is 0 Å². The molecule has 1 aromatic carbocycles. The molecule has 0 spiro atoms. The maximum absolute atomic E-state index is 11.5. The number of carbonyl (C=O) groups is 1. The van der Waals surface area contributed by atoms with Gasteiger partial charge in [-0.05, 0) is 31.0 Å². The van der Waals surface area contributed by atoms with Gasteiger partial charge in [-0.25, -0.2) is 5.01 Å². The Morgan fingerprint density at radius 1 is 1.56 bits per heavy atom. The van der Waals surface area contributed by atoms with Crippen molar-refractivity contribution in [2.45, 2.75) is 25.8 Å². The van der Waals surface area contributed by atoms with Crippen LogP contribution >= 0.6 is 0 Å². The standard InChI is InChI=1S/C12H15N3O/c1-9(13)7-10-3-2-4-11(8-10)15-12(16)5-6-14-15/h2-4,6,8-9H,5,7,13H2,1H3. The van der Waals surface area contributed by atoms with Crippen molar-refractivity contribution in [3.05, 3.63) is 29.8 Å². The van der Waals surface area contributed by atoms with Gasteiger partial charge in [-0.3, -0.25) is 4.79 Å². The van der Waals surface area contributed by atoms with E-state index in [1.54, 1.807) is 6.21 Å². The lowest BCUT2D eigenvalue weighted by atomic mass is 10.1. The van der Waals surface area contributed by atoms with Crippen LogP contribution in [0.2, 0.25) is 0 Å². The van der Waals surface area contributed by atoms with E-state index >= 15 is 0 Å². The van der Waals surface area contributed by atoms with E-state index in [4.69, 9.17) is 5.73 Å². The largest absolute Gasteiger partial charge is 0.328 e. The third-order valence-corrected chi connectivity index (χ3v) is 2.41. The highest BCUT2D eigenvalue weighted by atomic mass is 16.2. The van der Waals surface area contributed by atoms with E-state index in [0.717, 1.165) is 17.7 Å². The van der Waals surface area contributed by atoms with E-state index in [9.17, 15) is 4.79 Å². The van der Waals surface area contributed by atoms with Crippen molar-refractivity contribution in [2.75, 3.05) is 5.01 Å². The van der Waals surface area contributed by atoms with Crippen molar-refractivity contribution >= 4 is 17.8 Å². The molecule has 4 heteroatoms. The van der Waals surface area contributed by atoms with Crippen LogP contribution in [0.15, 0.2) is 29.4 Å². The molecule has 16 heavy (non-hydrogen) atoms. The molecule has 0 aromatic heterocycles. The van der Waals surface area contributed by atoms with Crippen LogP contribution in [0, 0.1) is 0 Å². The minimum atomic E-state index is 0.0120. The molecule has 1 atom stereocenters. The summed E-state index contributed by atoms with van der Waals surface area (Å²) in [6.45, 7) is 1.96. The first-order chi connectivity index (χ1) is 7.66. The van der Waals surface area contributed by atoms with Crippen molar-refractivity contribution < 1.29 is 4.79 Å². The van der Waals surface area contributed by atoms with Crippen LogP contribution in [-0.2, 0) is 11.2 Å². The fourth-order valence-corrected chi connectivity index (χ4v) is 1.75. The number of anilines is 1. The SMILES string of the molecule is CC(N)Cc1cccc(N2N=CCC2=O)c1. The Labute approximate surface area is 94.7 Å². The Morgan fingerprint density at radius 2 is 2.38 bits per heavy atom. The summed E-state index contributed by atoms with van der Waals surface area (Å²) in [5, 5.41) is 5.47. The molecule has 0 saturated heterocycles. The molecule has 4 nitrogen and oxygen atoms in total. The summed E-state index contributed by atoms with van der Waals surface area (Å²) in [4.78, 5) is 11.5. The molecule has 0 saturated carbocycles. The maximum Gasteiger partial charge on any atom is 0.252 e. The molecule has 1 amide bonds. The normalized spacial score (nSPS) is 16.9. The predicted molar refractivity (Wildman–Crippen MR) is 64.4 cm³/mol. The molecule has 1 heterocycles. The number of hydrogen-bond acceptors (Lipinski definition) is 3. The van der Waals surface area contributed by atoms with Gasteiger partial charge >= 0.3 is 0 Å². The summed E-state index contributed by atoms with van der Waals surface area (Å²) >= 11 is 0. The number of nitrogens with zero attached hydrogens (tertiary/aromatic N) is 2. The Bertz CT molecular complexity index is 426. The number of nitrogens with two attached hydrogens (primary N) is 1. The average Bonchev–Trinajstić information content (AvgIpc) is 2.64. The average molecular weight is 217 g/mol. The first-order valence-electron chi connectivity index (χ1n) is 5.37. The zero-order valence-corrected chi connectivity index (χ0v) is 9.26. The smallest absolute Gasteiger partial charge is 0.252 e. The molecule has 84 valence electrons. The second-order valence-corrected chi connectivity index (χ2v) is 4.06. The zero-order chi connectivity index (χ0) is 11.5. The van der Waals surface area contributed by atoms with Gasteiger partial charge in [0.25, 0.3) is 5.91 Å². The first-order valence-corrected chi connectivity index (χ1v) is 5.37. The molecule has 1 unspecified atom stereocenters. The molecule has 2 rings (SSSR count). The van der Waals surface area contributed by atoms with E-state index in [2.05, 4.69) is 5.10 Å². The highest BCUT2D eigenvalue weighted by Crippen LogP contribution is 2.20. The van der Waals surface area contributed by atoms with E-state index < -0.39 is 0 Å². The molecule has 1 aliphatic heterocycles. The van der Waals surface area contributed by atoms with Crippen LogP contribution in [0.3, 0.4) is 0 Å². The number of benzene rings is 1. The molecule has 0 bridgehead atoms. The van der Waals surface area contributed by atoms with E-state index in [0.29, 0.717) is 6.42 Å². The van der Waals surface area contributed by atoms with Gasteiger partial charge in [0, 0.05) is 12.3 Å². The van der Waals surface area contributed by atoms with Crippen molar-refractivity contribution in [1.29, 1.82) is 0 Å². The third kappa shape index (κ3) is 2.28. The highest BCUT2D eigenvalue weighted by molar-refractivity contribution is 6.05. The van der Waals surface area contributed by atoms with E-state index in [1.807, 2.05) is 31.2 Å². The van der Waals surface area contributed by atoms with Crippen molar-refractivity contribution in [1.82, 2.24) is 0 Å². The fraction of sp³-hybridized carbons (Fsp3) is 0.333. The van der Waals surface area contributed by atoms with Gasteiger partial charge < -0.3 is 5.73 Å². The molecular weight excluding hydrogens is 202 g/mol. The van der Waals surface area contributed by atoms with Gasteiger partial charge in [-0.1, -0.05) is 12.1 Å². The number of carbonyl (C=O) groups excluding carboxylic acids is 1. The quantitative estimate of drug-likeness (QED) is 0.829. The first kappa shape index (κ1) is 10.8. The Kier molecular flexibility index (Phi) is 3.01. The van der Waals surface area contributed by atoms with Crippen LogP contribution in [-0.4, -0.2) is 18.2 Å². The lowest BCUT2D eigenvalue weighted by molar-refractivity contribution is -0.116. The molecule has 0 fully saturated rings. The topological polar surface area (TPSA) is 58.7 Å². The number of amides is 1. The lowest BCUT2D eigenvalue weighted by Crippen LogP contribution is -2.20. The minimum Gasteiger partial charge on any atom is -0.328 e. The van der Waals surface area contributed by atoms with Crippen LogP contribution in [0.1, 0.15) is 18.9 Å². The minimum absolute atomic E-state index is 0.0120.